The SMILES string of the molecule is CC(=O)Nc1ccnn1N. The molecule has 3 N–H and O–H groups in total. The number of nitrogens with two attached hydrogens (primary N) is 1. The number of anilines is 1. The molecule has 1 aromatic rings. The molecule has 0 unspecified atom stereocenters. The van der Waals surface area contributed by atoms with E-state index in [0.29, 0.717) is 5.82 Å². The minimum Gasteiger partial charge on any atom is -0.321 e. The number of nitrogen functional groups attached to an aromatic ring is 1. The Hall–Kier alpha value is -1.52. The molecule has 0 aromatic carbocycles. The van der Waals surface area contributed by atoms with E-state index < -0.39 is 0 Å². The molecule has 5 heteroatoms. The van der Waals surface area contributed by atoms with Crippen LogP contribution in [-0.4, -0.2) is 15.8 Å². The van der Waals surface area contributed by atoms with Crippen LogP contribution in [0.5, 0.6) is 0 Å². The second kappa shape index (κ2) is 2.38. The molecule has 0 atom stereocenters. The van der Waals surface area contributed by atoms with Crippen molar-refractivity contribution in [1.82, 2.24) is 9.89 Å². The third-order valence-corrected chi connectivity index (χ3v) is 0.974. The first-order valence-corrected chi connectivity index (χ1v) is 2.77. The molecule has 1 aromatic heterocycles. The van der Waals surface area contributed by atoms with Crippen LogP contribution in [0.25, 0.3) is 0 Å². The second-order valence-corrected chi connectivity index (χ2v) is 1.84. The molecule has 0 spiro atoms. The molecule has 10 heavy (non-hydrogen) atoms. The summed E-state index contributed by atoms with van der Waals surface area (Å²) in [5, 5.41) is 6.14. The first kappa shape index (κ1) is 6.60. The highest BCUT2D eigenvalue weighted by Gasteiger charge is 1.98. The van der Waals surface area contributed by atoms with Crippen molar-refractivity contribution in [2.75, 3.05) is 11.2 Å². The van der Waals surface area contributed by atoms with Gasteiger partial charge in [0.25, 0.3) is 0 Å². The highest BCUT2D eigenvalue weighted by atomic mass is 16.1. The van der Waals surface area contributed by atoms with E-state index in [2.05, 4.69) is 10.4 Å². The number of hydrogen-bond donors (Lipinski definition) is 2. The number of carbonyl (C=O) groups excluding carboxylic acids is 1. The maximum Gasteiger partial charge on any atom is 0.222 e. The third kappa shape index (κ3) is 1.25. The Morgan fingerprint density at radius 1 is 1.90 bits per heavy atom. The molecular weight excluding hydrogens is 132 g/mol. The molecule has 0 fully saturated rings. The van der Waals surface area contributed by atoms with Gasteiger partial charge >= 0.3 is 0 Å². The molecule has 0 saturated carbocycles. The molecule has 0 bridgehead atoms. The zero-order chi connectivity index (χ0) is 7.56. The topological polar surface area (TPSA) is 72.9 Å². The molecular formula is C5H8N4O. The summed E-state index contributed by atoms with van der Waals surface area (Å²) in [6.45, 7) is 1.41. The van der Waals surface area contributed by atoms with Gasteiger partial charge in [-0.2, -0.15) is 9.89 Å². The molecule has 0 aliphatic rings. The Morgan fingerprint density at radius 3 is 3.00 bits per heavy atom. The van der Waals surface area contributed by atoms with Crippen molar-refractivity contribution in [3.8, 4) is 0 Å². The van der Waals surface area contributed by atoms with Gasteiger partial charge in [0.1, 0.15) is 0 Å². The summed E-state index contributed by atoms with van der Waals surface area (Å²) in [5.41, 5.74) is 0. The number of carbonyl (C=O) groups is 1. The number of nitrogens with one attached hydrogen (secondary N) is 1. The van der Waals surface area contributed by atoms with Crippen LogP contribution >= 0.6 is 0 Å². The molecule has 54 valence electrons. The first-order chi connectivity index (χ1) is 4.70. The van der Waals surface area contributed by atoms with Gasteiger partial charge in [0.2, 0.25) is 5.91 Å². The predicted molar refractivity (Wildman–Crippen MR) is 36.7 cm³/mol. The summed E-state index contributed by atoms with van der Waals surface area (Å²) < 4.78 is 0. The van der Waals surface area contributed by atoms with Gasteiger partial charge in [0.15, 0.2) is 5.82 Å². The van der Waals surface area contributed by atoms with E-state index in [1.165, 1.54) is 13.1 Å². The highest BCUT2D eigenvalue weighted by Crippen LogP contribution is 1.99. The Balaban J connectivity index is 2.74. The van der Waals surface area contributed by atoms with Crippen molar-refractivity contribution in [2.45, 2.75) is 6.92 Å². The van der Waals surface area contributed by atoms with E-state index in [1.54, 1.807) is 6.07 Å². The first-order valence-electron chi connectivity index (χ1n) is 2.77. The van der Waals surface area contributed by atoms with Crippen molar-refractivity contribution in [2.24, 2.45) is 0 Å². The summed E-state index contributed by atoms with van der Waals surface area (Å²) in [7, 11) is 0. The summed E-state index contributed by atoms with van der Waals surface area (Å²) in [4.78, 5) is 11.6. The Labute approximate surface area is 57.8 Å². The minimum absolute atomic E-state index is 0.160. The molecule has 1 amide bonds. The maximum absolute atomic E-state index is 10.5. The van der Waals surface area contributed by atoms with Gasteiger partial charge in [-0.25, -0.2) is 0 Å². The van der Waals surface area contributed by atoms with E-state index in [4.69, 9.17) is 5.84 Å². The van der Waals surface area contributed by atoms with Crippen molar-refractivity contribution in [1.29, 1.82) is 0 Å². The van der Waals surface area contributed by atoms with Gasteiger partial charge in [-0.15, -0.1) is 0 Å². The fraction of sp³-hybridized carbons (Fsp3) is 0.200. The zero-order valence-electron chi connectivity index (χ0n) is 5.53. The monoisotopic (exact) mass is 140 g/mol. The summed E-state index contributed by atoms with van der Waals surface area (Å²) >= 11 is 0. The molecule has 0 radical (unpaired) electrons. The Kier molecular flexibility index (Phi) is 1.57. The van der Waals surface area contributed by atoms with Crippen LogP contribution in [-0.2, 0) is 4.79 Å². The van der Waals surface area contributed by atoms with Crippen molar-refractivity contribution in [3.05, 3.63) is 12.3 Å². The van der Waals surface area contributed by atoms with Crippen molar-refractivity contribution < 1.29 is 4.79 Å². The van der Waals surface area contributed by atoms with Gasteiger partial charge in [-0.1, -0.05) is 0 Å². The third-order valence-electron chi connectivity index (χ3n) is 0.974. The van der Waals surface area contributed by atoms with Crippen LogP contribution in [0.15, 0.2) is 12.3 Å². The van der Waals surface area contributed by atoms with Crippen molar-refractivity contribution in [3.63, 3.8) is 0 Å². The van der Waals surface area contributed by atoms with Crippen LogP contribution < -0.4 is 11.2 Å². The van der Waals surface area contributed by atoms with Crippen molar-refractivity contribution >= 4 is 11.7 Å². The van der Waals surface area contributed by atoms with Crippen LogP contribution in [0.4, 0.5) is 5.82 Å². The van der Waals surface area contributed by atoms with Gasteiger partial charge in [-0.05, 0) is 0 Å². The summed E-state index contributed by atoms with van der Waals surface area (Å²) in [5.74, 6) is 5.61. The number of amides is 1. The van der Waals surface area contributed by atoms with Crippen LogP contribution in [0, 0.1) is 0 Å². The van der Waals surface area contributed by atoms with Gasteiger partial charge in [0.05, 0.1) is 6.20 Å². The second-order valence-electron chi connectivity index (χ2n) is 1.84. The molecule has 0 aliphatic carbocycles. The van der Waals surface area contributed by atoms with Crippen LogP contribution in [0.2, 0.25) is 0 Å². The van der Waals surface area contributed by atoms with Gasteiger partial charge in [0, 0.05) is 13.0 Å². The lowest BCUT2D eigenvalue weighted by atomic mass is 10.6. The number of rotatable bonds is 1. The Bertz CT molecular complexity index is 242. The lowest BCUT2D eigenvalue weighted by Crippen LogP contribution is -2.17. The highest BCUT2D eigenvalue weighted by molar-refractivity contribution is 5.87. The molecule has 1 heterocycles. The lowest BCUT2D eigenvalue weighted by Gasteiger charge is -1.99. The fourth-order valence-corrected chi connectivity index (χ4v) is 0.594. The summed E-state index contributed by atoms with van der Waals surface area (Å²) in [6, 6.07) is 1.61. The van der Waals surface area contributed by atoms with Crippen LogP contribution in [0.1, 0.15) is 6.92 Å². The van der Waals surface area contributed by atoms with Gasteiger partial charge < -0.3 is 11.2 Å². The minimum atomic E-state index is -0.160. The zero-order valence-corrected chi connectivity index (χ0v) is 5.53. The quantitative estimate of drug-likeness (QED) is 0.519. The van der Waals surface area contributed by atoms with E-state index in [9.17, 15) is 4.79 Å². The molecule has 0 aliphatic heterocycles. The average molecular weight is 140 g/mol. The molecule has 1 rings (SSSR count). The number of aromatic nitrogens is 2. The van der Waals surface area contributed by atoms with E-state index in [0.717, 1.165) is 4.79 Å². The molecule has 0 saturated heterocycles. The largest absolute Gasteiger partial charge is 0.321 e. The number of hydrogen-bond acceptors (Lipinski definition) is 3. The Morgan fingerprint density at radius 2 is 2.60 bits per heavy atom. The fourth-order valence-electron chi connectivity index (χ4n) is 0.594. The summed E-state index contributed by atoms with van der Waals surface area (Å²) in [6.07, 6.45) is 1.51. The van der Waals surface area contributed by atoms with Gasteiger partial charge in [-0.3, -0.25) is 4.79 Å². The number of nitrogens with zero attached hydrogens (tertiary/aromatic N) is 2. The average Bonchev–Trinajstić information content (AvgIpc) is 2.15. The molecule has 5 nitrogen and oxygen atoms in total. The standard InChI is InChI=1S/C5H8N4O/c1-4(10)8-5-2-3-7-9(5)6/h2-3H,6H2,1H3,(H,8,10). The van der Waals surface area contributed by atoms with Crippen LogP contribution in [0.3, 0.4) is 0 Å². The van der Waals surface area contributed by atoms with E-state index in [1.807, 2.05) is 0 Å². The van der Waals surface area contributed by atoms with E-state index in [-0.39, 0.29) is 5.91 Å². The predicted octanol–water partition coefficient (Wildman–Crippen LogP) is -0.445. The normalized spacial score (nSPS) is 9.30. The maximum atomic E-state index is 10.5. The smallest absolute Gasteiger partial charge is 0.222 e. The van der Waals surface area contributed by atoms with E-state index >= 15 is 0 Å². The lowest BCUT2D eigenvalue weighted by molar-refractivity contribution is -0.114.